The maximum absolute atomic E-state index is 13.5. The van der Waals surface area contributed by atoms with Crippen LogP contribution >= 0.6 is 11.6 Å². The number of rotatable bonds is 6. The molecule has 2 aromatic rings. The van der Waals surface area contributed by atoms with Crippen molar-refractivity contribution in [2.75, 3.05) is 6.54 Å². The maximum Gasteiger partial charge on any atom is 0.192 e. The van der Waals surface area contributed by atoms with Gasteiger partial charge in [-0.15, -0.1) is 0 Å². The molecule has 1 aromatic carbocycles. The van der Waals surface area contributed by atoms with Gasteiger partial charge in [0.15, 0.2) is 8.32 Å². The SMILES string of the molecule is CC(C)(C)[Si](C)(C)OCc1cc(-c2ccc(F)c(Cl)c2)nc(C(O)CN)c1. The molecule has 1 aromatic heterocycles. The number of nitrogens with two attached hydrogens (primary N) is 1. The van der Waals surface area contributed by atoms with Gasteiger partial charge in [0.05, 0.1) is 23.0 Å². The second-order valence-corrected chi connectivity index (χ2v) is 13.4. The number of hydrogen-bond acceptors (Lipinski definition) is 4. The van der Waals surface area contributed by atoms with Crippen molar-refractivity contribution in [1.82, 2.24) is 4.98 Å². The Labute approximate surface area is 166 Å². The molecule has 0 aliphatic rings. The van der Waals surface area contributed by atoms with Gasteiger partial charge in [0.25, 0.3) is 0 Å². The number of aliphatic hydroxyl groups excluding tert-OH is 1. The molecule has 0 aliphatic heterocycles. The first-order chi connectivity index (χ1) is 12.4. The molecule has 148 valence electrons. The van der Waals surface area contributed by atoms with Crippen LogP contribution in [0.1, 0.15) is 38.1 Å². The van der Waals surface area contributed by atoms with Crippen molar-refractivity contribution in [2.45, 2.75) is 51.6 Å². The molecule has 0 radical (unpaired) electrons. The molecule has 7 heteroatoms. The Morgan fingerprint density at radius 2 is 1.93 bits per heavy atom. The molecular weight excluding hydrogens is 383 g/mol. The zero-order valence-electron chi connectivity index (χ0n) is 16.5. The number of aliphatic hydroxyl groups is 1. The van der Waals surface area contributed by atoms with E-state index in [4.69, 9.17) is 21.8 Å². The number of nitrogens with zero attached hydrogens (tertiary/aromatic N) is 1. The summed E-state index contributed by atoms with van der Waals surface area (Å²) >= 11 is 5.91. The summed E-state index contributed by atoms with van der Waals surface area (Å²) in [6, 6.07) is 8.12. The number of halogens is 2. The normalized spacial score (nSPS) is 13.7. The van der Waals surface area contributed by atoms with Gasteiger partial charge < -0.3 is 15.3 Å². The van der Waals surface area contributed by atoms with E-state index in [1.54, 1.807) is 12.1 Å². The van der Waals surface area contributed by atoms with E-state index in [0.29, 0.717) is 23.6 Å². The molecule has 1 heterocycles. The lowest BCUT2D eigenvalue weighted by atomic mass is 10.1. The van der Waals surface area contributed by atoms with Crippen LogP contribution in [0.25, 0.3) is 11.3 Å². The Hall–Kier alpha value is -1.31. The molecule has 0 spiro atoms. The van der Waals surface area contributed by atoms with Crippen LogP contribution in [0.2, 0.25) is 23.2 Å². The fraction of sp³-hybridized carbons (Fsp3) is 0.450. The minimum atomic E-state index is -1.93. The predicted molar refractivity (Wildman–Crippen MR) is 111 cm³/mol. The maximum atomic E-state index is 13.5. The number of pyridine rings is 1. The van der Waals surface area contributed by atoms with Crippen LogP contribution in [0.3, 0.4) is 0 Å². The van der Waals surface area contributed by atoms with Crippen LogP contribution in [0.5, 0.6) is 0 Å². The molecule has 0 saturated carbocycles. The third-order valence-corrected chi connectivity index (χ3v) is 9.86. The highest BCUT2D eigenvalue weighted by molar-refractivity contribution is 6.74. The number of aromatic nitrogens is 1. The first-order valence-corrected chi connectivity index (χ1v) is 12.2. The van der Waals surface area contributed by atoms with Crippen molar-refractivity contribution < 1.29 is 13.9 Å². The first-order valence-electron chi connectivity index (χ1n) is 8.93. The van der Waals surface area contributed by atoms with E-state index >= 15 is 0 Å². The molecule has 0 fully saturated rings. The van der Waals surface area contributed by atoms with Crippen molar-refractivity contribution in [3.63, 3.8) is 0 Å². The fourth-order valence-corrected chi connectivity index (χ4v) is 3.41. The summed E-state index contributed by atoms with van der Waals surface area (Å²) < 4.78 is 19.8. The van der Waals surface area contributed by atoms with Crippen molar-refractivity contribution in [3.8, 4) is 11.3 Å². The Morgan fingerprint density at radius 3 is 2.48 bits per heavy atom. The summed E-state index contributed by atoms with van der Waals surface area (Å²) in [7, 11) is -1.93. The molecule has 27 heavy (non-hydrogen) atoms. The van der Waals surface area contributed by atoms with Gasteiger partial charge in [-0.3, -0.25) is 0 Å². The summed E-state index contributed by atoms with van der Waals surface area (Å²) in [6.45, 7) is 11.4. The van der Waals surface area contributed by atoms with E-state index in [1.807, 2.05) is 6.07 Å². The van der Waals surface area contributed by atoms with Gasteiger partial charge in [-0.2, -0.15) is 0 Å². The third-order valence-electron chi connectivity index (χ3n) is 5.09. The van der Waals surface area contributed by atoms with E-state index in [9.17, 15) is 9.50 Å². The van der Waals surface area contributed by atoms with E-state index in [1.165, 1.54) is 12.1 Å². The Balaban J connectivity index is 2.41. The second kappa shape index (κ2) is 8.37. The van der Waals surface area contributed by atoms with Gasteiger partial charge in [0, 0.05) is 12.1 Å². The van der Waals surface area contributed by atoms with Crippen LogP contribution in [0.15, 0.2) is 30.3 Å². The standard InChI is InChI=1S/C20H28ClFN2O2Si/c1-20(2,3)27(4,5)26-12-13-8-17(24-18(9-13)19(25)11-23)14-6-7-16(22)15(21)10-14/h6-10,19,25H,11-12,23H2,1-5H3. The molecule has 0 aliphatic carbocycles. The summed E-state index contributed by atoms with van der Waals surface area (Å²) in [5, 5.41) is 10.3. The van der Waals surface area contributed by atoms with Gasteiger partial charge in [-0.1, -0.05) is 32.4 Å². The molecule has 2 rings (SSSR count). The summed E-state index contributed by atoms with van der Waals surface area (Å²) in [5.74, 6) is -0.486. The average Bonchev–Trinajstić information content (AvgIpc) is 2.60. The van der Waals surface area contributed by atoms with Crippen molar-refractivity contribution in [2.24, 2.45) is 5.73 Å². The van der Waals surface area contributed by atoms with Crippen molar-refractivity contribution >= 4 is 19.9 Å². The van der Waals surface area contributed by atoms with Gasteiger partial charge in [-0.05, 0) is 54.0 Å². The zero-order chi connectivity index (χ0) is 20.4. The lowest BCUT2D eigenvalue weighted by molar-refractivity contribution is 0.181. The topological polar surface area (TPSA) is 68.4 Å². The smallest absolute Gasteiger partial charge is 0.192 e. The van der Waals surface area contributed by atoms with E-state index in [-0.39, 0.29) is 16.6 Å². The Kier molecular flexibility index (Phi) is 6.81. The minimum absolute atomic E-state index is 0.0261. The second-order valence-electron chi connectivity index (χ2n) is 8.21. The molecule has 0 saturated heterocycles. The zero-order valence-corrected chi connectivity index (χ0v) is 18.3. The minimum Gasteiger partial charge on any atom is -0.413 e. The molecular formula is C20H28ClFN2O2Si. The van der Waals surface area contributed by atoms with Gasteiger partial charge in [-0.25, -0.2) is 9.37 Å². The first kappa shape index (κ1) is 22.0. The average molecular weight is 411 g/mol. The van der Waals surface area contributed by atoms with Crippen LogP contribution in [0, 0.1) is 5.82 Å². The predicted octanol–water partition coefficient (Wildman–Crippen LogP) is 5.06. The van der Waals surface area contributed by atoms with Crippen LogP contribution in [0.4, 0.5) is 4.39 Å². The summed E-state index contributed by atoms with van der Waals surface area (Å²) in [4.78, 5) is 4.48. The third kappa shape index (κ3) is 5.36. The molecule has 1 unspecified atom stereocenters. The fourth-order valence-electron chi connectivity index (χ4n) is 2.27. The number of hydrogen-bond donors (Lipinski definition) is 2. The quantitative estimate of drug-likeness (QED) is 0.653. The lowest BCUT2D eigenvalue weighted by Crippen LogP contribution is -2.40. The molecule has 1 atom stereocenters. The monoisotopic (exact) mass is 410 g/mol. The van der Waals surface area contributed by atoms with E-state index in [0.717, 1.165) is 5.56 Å². The number of benzene rings is 1. The van der Waals surface area contributed by atoms with Crippen LogP contribution < -0.4 is 5.73 Å². The molecule has 4 nitrogen and oxygen atoms in total. The van der Waals surface area contributed by atoms with Gasteiger partial charge in [0.2, 0.25) is 0 Å². The highest BCUT2D eigenvalue weighted by atomic mass is 35.5. The van der Waals surface area contributed by atoms with Crippen LogP contribution in [-0.4, -0.2) is 25.0 Å². The molecule has 0 bridgehead atoms. The van der Waals surface area contributed by atoms with Crippen LogP contribution in [-0.2, 0) is 11.0 Å². The van der Waals surface area contributed by atoms with E-state index in [2.05, 4.69) is 38.8 Å². The van der Waals surface area contributed by atoms with E-state index < -0.39 is 20.2 Å². The van der Waals surface area contributed by atoms with Crippen molar-refractivity contribution in [3.05, 3.63) is 52.4 Å². The largest absolute Gasteiger partial charge is 0.413 e. The Morgan fingerprint density at radius 1 is 1.26 bits per heavy atom. The lowest BCUT2D eigenvalue weighted by Gasteiger charge is -2.36. The summed E-state index contributed by atoms with van der Waals surface area (Å²) in [6.07, 6.45) is -0.882. The van der Waals surface area contributed by atoms with Gasteiger partial charge in [0.1, 0.15) is 11.9 Å². The van der Waals surface area contributed by atoms with Crippen molar-refractivity contribution in [1.29, 1.82) is 0 Å². The highest BCUT2D eigenvalue weighted by Gasteiger charge is 2.37. The molecule has 0 amide bonds. The van der Waals surface area contributed by atoms with Gasteiger partial charge >= 0.3 is 0 Å². The summed E-state index contributed by atoms with van der Waals surface area (Å²) in [5.41, 5.74) is 8.21. The highest BCUT2D eigenvalue weighted by Crippen LogP contribution is 2.37. The molecule has 3 N–H and O–H groups in total. The Bertz CT molecular complexity index is 809.